The Labute approximate surface area is 114 Å². The SMILES string of the molecule is O=C(O)CCC(Br)(Br)C(Br)(Br)C(=O)O. The Morgan fingerprint density at radius 3 is 1.79 bits per heavy atom. The minimum atomic E-state index is -1.46. The summed E-state index contributed by atoms with van der Waals surface area (Å²) in [6.45, 7) is 0. The number of carboxylic acid groups (broad SMARTS) is 2. The third-order valence-electron chi connectivity index (χ3n) is 1.38. The molecule has 0 aromatic heterocycles. The lowest BCUT2D eigenvalue weighted by atomic mass is 10.2. The minimum absolute atomic E-state index is 0.102. The zero-order valence-electron chi connectivity index (χ0n) is 6.64. The summed E-state index contributed by atoms with van der Waals surface area (Å²) >= 11 is 12.1. The van der Waals surface area contributed by atoms with Crippen molar-refractivity contribution in [2.45, 2.75) is 19.3 Å². The molecule has 0 rings (SSSR count). The molecular formula is C6H6Br4O4. The number of carbonyl (C=O) groups is 2. The summed E-state index contributed by atoms with van der Waals surface area (Å²) in [5.41, 5.74) is 0. The first-order chi connectivity index (χ1) is 6.11. The van der Waals surface area contributed by atoms with Gasteiger partial charge in [-0.3, -0.25) is 4.79 Å². The van der Waals surface area contributed by atoms with Crippen LogP contribution >= 0.6 is 63.7 Å². The highest BCUT2D eigenvalue weighted by molar-refractivity contribution is 9.30. The maximum atomic E-state index is 10.8. The molecule has 0 heterocycles. The van der Waals surface area contributed by atoms with Gasteiger partial charge in [0.05, 0.1) is 0 Å². The van der Waals surface area contributed by atoms with Crippen molar-refractivity contribution >= 4 is 75.7 Å². The fourth-order valence-electron chi connectivity index (χ4n) is 0.577. The zero-order valence-corrected chi connectivity index (χ0v) is 13.0. The van der Waals surface area contributed by atoms with Crippen LogP contribution in [-0.2, 0) is 9.59 Å². The molecule has 0 spiro atoms. The number of carboxylic acids is 2. The van der Waals surface area contributed by atoms with Crippen molar-refractivity contribution in [1.82, 2.24) is 0 Å². The normalized spacial score (nSPS) is 12.6. The summed E-state index contributed by atoms with van der Waals surface area (Å²) in [5.74, 6) is -2.15. The van der Waals surface area contributed by atoms with Crippen LogP contribution in [0.2, 0.25) is 0 Å². The quantitative estimate of drug-likeness (QED) is 0.618. The number of alkyl halides is 4. The lowest BCUT2D eigenvalue weighted by Crippen LogP contribution is -2.41. The Morgan fingerprint density at radius 1 is 1.07 bits per heavy atom. The summed E-state index contributed by atoms with van der Waals surface area (Å²) in [6, 6.07) is 0. The Balaban J connectivity index is 4.59. The van der Waals surface area contributed by atoms with Crippen molar-refractivity contribution in [2.75, 3.05) is 0 Å². The van der Waals surface area contributed by atoms with E-state index >= 15 is 0 Å². The van der Waals surface area contributed by atoms with Crippen molar-refractivity contribution in [2.24, 2.45) is 0 Å². The lowest BCUT2D eigenvalue weighted by molar-refractivity contribution is -0.139. The van der Waals surface area contributed by atoms with Crippen LogP contribution in [0.15, 0.2) is 0 Å². The topological polar surface area (TPSA) is 74.6 Å². The van der Waals surface area contributed by atoms with Crippen LogP contribution in [0.5, 0.6) is 0 Å². The van der Waals surface area contributed by atoms with Crippen molar-refractivity contribution in [1.29, 1.82) is 0 Å². The van der Waals surface area contributed by atoms with E-state index in [-0.39, 0.29) is 12.8 Å². The summed E-state index contributed by atoms with van der Waals surface area (Å²) in [5, 5.41) is 17.3. The summed E-state index contributed by atoms with van der Waals surface area (Å²) < 4.78 is -2.53. The van der Waals surface area contributed by atoms with Crippen LogP contribution in [0.1, 0.15) is 12.8 Å². The molecular weight excluding hydrogens is 456 g/mol. The molecule has 0 radical (unpaired) electrons. The average Bonchev–Trinajstić information content (AvgIpc) is 2.00. The van der Waals surface area contributed by atoms with Crippen LogP contribution in [0.3, 0.4) is 0 Å². The monoisotopic (exact) mass is 458 g/mol. The fraction of sp³-hybridized carbons (Fsp3) is 0.667. The standard InChI is InChI=1S/C6H6Br4O4/c7-5(8,2-1-3(11)12)6(9,10)4(13)14/h1-2H2,(H,11,12)(H,13,14). The third-order valence-corrected chi connectivity index (χ3v) is 7.52. The maximum Gasteiger partial charge on any atom is 0.333 e. The van der Waals surface area contributed by atoms with Gasteiger partial charge in [0.2, 0.25) is 3.23 Å². The molecule has 0 saturated carbocycles. The van der Waals surface area contributed by atoms with Gasteiger partial charge in [-0.15, -0.1) is 0 Å². The van der Waals surface area contributed by atoms with Gasteiger partial charge < -0.3 is 10.2 Å². The van der Waals surface area contributed by atoms with E-state index in [1.54, 1.807) is 0 Å². The van der Waals surface area contributed by atoms with Gasteiger partial charge in [-0.2, -0.15) is 0 Å². The molecule has 0 aliphatic rings. The third kappa shape index (κ3) is 3.79. The molecule has 14 heavy (non-hydrogen) atoms. The van der Waals surface area contributed by atoms with E-state index in [0.29, 0.717) is 0 Å². The molecule has 2 N–H and O–H groups in total. The Kier molecular flexibility index (Phi) is 5.59. The number of rotatable bonds is 5. The average molecular weight is 462 g/mol. The predicted octanol–water partition coefficient (Wildman–Crippen LogP) is 2.91. The molecule has 0 saturated heterocycles. The van der Waals surface area contributed by atoms with E-state index in [4.69, 9.17) is 10.2 Å². The minimum Gasteiger partial charge on any atom is -0.481 e. The van der Waals surface area contributed by atoms with E-state index < -0.39 is 18.4 Å². The van der Waals surface area contributed by atoms with Crippen LogP contribution in [0, 0.1) is 0 Å². The van der Waals surface area contributed by atoms with Gasteiger partial charge in [-0.25, -0.2) is 4.79 Å². The maximum absolute atomic E-state index is 10.8. The number of aliphatic carboxylic acids is 2. The first-order valence-corrected chi connectivity index (χ1v) is 6.49. The summed E-state index contributed by atoms with van der Waals surface area (Å²) in [4.78, 5) is 21.1. The molecule has 0 amide bonds. The van der Waals surface area contributed by atoms with Crippen molar-refractivity contribution in [3.05, 3.63) is 0 Å². The Bertz CT molecular complexity index is 250. The highest BCUT2D eigenvalue weighted by Crippen LogP contribution is 2.51. The Morgan fingerprint density at radius 2 is 1.50 bits per heavy atom. The van der Waals surface area contributed by atoms with Crippen molar-refractivity contribution in [3.8, 4) is 0 Å². The number of hydrogen-bond acceptors (Lipinski definition) is 2. The zero-order chi connectivity index (χ0) is 11.6. The van der Waals surface area contributed by atoms with Gasteiger partial charge in [0, 0.05) is 6.42 Å². The molecule has 0 aliphatic heterocycles. The molecule has 0 fully saturated rings. The van der Waals surface area contributed by atoms with E-state index in [9.17, 15) is 9.59 Å². The first kappa shape index (κ1) is 14.9. The smallest absolute Gasteiger partial charge is 0.333 e. The lowest BCUT2D eigenvalue weighted by Gasteiger charge is -2.30. The molecule has 0 atom stereocenters. The summed E-state index contributed by atoms with van der Waals surface area (Å²) in [7, 11) is 0. The van der Waals surface area contributed by atoms with Crippen LogP contribution in [0.4, 0.5) is 0 Å². The second-order valence-electron chi connectivity index (χ2n) is 2.48. The van der Waals surface area contributed by atoms with Crippen LogP contribution in [-0.4, -0.2) is 28.6 Å². The van der Waals surface area contributed by atoms with Gasteiger partial charge in [-0.1, -0.05) is 63.7 Å². The highest BCUT2D eigenvalue weighted by atomic mass is 79.9. The van der Waals surface area contributed by atoms with E-state index in [1.165, 1.54) is 0 Å². The second kappa shape index (κ2) is 5.27. The van der Waals surface area contributed by atoms with E-state index in [0.717, 1.165) is 0 Å². The van der Waals surface area contributed by atoms with Gasteiger partial charge in [0.25, 0.3) is 0 Å². The molecule has 0 bridgehead atoms. The van der Waals surface area contributed by atoms with E-state index in [2.05, 4.69) is 63.7 Å². The molecule has 82 valence electrons. The predicted molar refractivity (Wildman–Crippen MR) is 65.7 cm³/mol. The van der Waals surface area contributed by atoms with Crippen LogP contribution < -0.4 is 0 Å². The second-order valence-corrected chi connectivity index (χ2v) is 9.69. The van der Waals surface area contributed by atoms with Gasteiger partial charge in [0.15, 0.2) is 0 Å². The van der Waals surface area contributed by atoms with Gasteiger partial charge in [0.1, 0.15) is 3.23 Å². The molecule has 4 nitrogen and oxygen atoms in total. The fourth-order valence-corrected chi connectivity index (χ4v) is 1.71. The molecule has 0 unspecified atom stereocenters. The summed E-state index contributed by atoms with van der Waals surface area (Å²) in [6.07, 6.45) is -0.0478. The highest BCUT2D eigenvalue weighted by Gasteiger charge is 2.51. The van der Waals surface area contributed by atoms with Crippen molar-refractivity contribution < 1.29 is 19.8 Å². The molecule has 0 aromatic carbocycles. The van der Waals surface area contributed by atoms with Crippen LogP contribution in [0.25, 0.3) is 0 Å². The van der Waals surface area contributed by atoms with Crippen molar-refractivity contribution in [3.63, 3.8) is 0 Å². The van der Waals surface area contributed by atoms with Gasteiger partial charge in [-0.05, 0) is 6.42 Å². The van der Waals surface area contributed by atoms with E-state index in [1.807, 2.05) is 0 Å². The largest absolute Gasteiger partial charge is 0.481 e. The molecule has 8 heteroatoms. The van der Waals surface area contributed by atoms with Gasteiger partial charge >= 0.3 is 11.9 Å². The molecule has 0 aromatic rings. The number of hydrogen-bond donors (Lipinski definition) is 2. The Hall–Kier alpha value is 0.860. The molecule has 0 aliphatic carbocycles. The first-order valence-electron chi connectivity index (χ1n) is 3.32. The number of halogens is 4.